The summed E-state index contributed by atoms with van der Waals surface area (Å²) in [5.74, 6) is 1.20. The van der Waals surface area contributed by atoms with Gasteiger partial charge in [-0.3, -0.25) is 0 Å². The number of nitrogens with one attached hydrogen (secondary N) is 1. The van der Waals surface area contributed by atoms with Gasteiger partial charge in [-0.15, -0.1) is 0 Å². The third kappa shape index (κ3) is 3.61. The Labute approximate surface area is 166 Å². The highest BCUT2D eigenvalue weighted by molar-refractivity contribution is 6.28. The molecule has 0 saturated heterocycles. The monoisotopic (exact) mass is 396 g/mol. The summed E-state index contributed by atoms with van der Waals surface area (Å²) >= 11 is 5.90. The van der Waals surface area contributed by atoms with Crippen molar-refractivity contribution in [3.8, 4) is 0 Å². The van der Waals surface area contributed by atoms with E-state index >= 15 is 0 Å². The number of fused-ring (bicyclic) bond motifs is 1. The first-order chi connectivity index (χ1) is 13.5. The Hall–Kier alpha value is -3.19. The minimum Gasteiger partial charge on any atom is -0.352 e. The van der Waals surface area contributed by atoms with Crippen molar-refractivity contribution in [2.45, 2.75) is 6.54 Å². The largest absolute Gasteiger partial charge is 0.352 e. The molecule has 0 unspecified atom stereocenters. The second-order valence-electron chi connectivity index (χ2n) is 6.39. The van der Waals surface area contributed by atoms with Gasteiger partial charge >= 0.3 is 0 Å². The molecule has 4 rings (SSSR count). The zero-order valence-electron chi connectivity index (χ0n) is 15.4. The van der Waals surface area contributed by atoms with Gasteiger partial charge in [0.1, 0.15) is 11.6 Å². The molecule has 28 heavy (non-hydrogen) atoms. The van der Waals surface area contributed by atoms with Gasteiger partial charge in [0, 0.05) is 32.5 Å². The molecule has 2 heterocycles. The molecule has 0 radical (unpaired) electrons. The van der Waals surface area contributed by atoms with Crippen LogP contribution < -0.4 is 10.2 Å². The lowest BCUT2D eigenvalue weighted by Gasteiger charge is -2.18. The highest BCUT2D eigenvalue weighted by atomic mass is 35.5. The van der Waals surface area contributed by atoms with Gasteiger partial charge in [-0.2, -0.15) is 0 Å². The van der Waals surface area contributed by atoms with Crippen LogP contribution in [0.25, 0.3) is 11.0 Å². The summed E-state index contributed by atoms with van der Waals surface area (Å²) in [7, 11) is 3.87. The lowest BCUT2D eigenvalue weighted by Crippen LogP contribution is -2.11. The van der Waals surface area contributed by atoms with Gasteiger partial charge in [-0.25, -0.2) is 19.3 Å². The van der Waals surface area contributed by atoms with Gasteiger partial charge in [-0.05, 0) is 53.6 Å². The second-order valence-corrected chi connectivity index (χ2v) is 6.73. The lowest BCUT2D eigenvalue weighted by atomic mass is 10.2. The van der Waals surface area contributed by atoms with Crippen molar-refractivity contribution in [3.63, 3.8) is 0 Å². The van der Waals surface area contributed by atoms with Gasteiger partial charge in [0.2, 0.25) is 11.2 Å². The van der Waals surface area contributed by atoms with Gasteiger partial charge in [0.25, 0.3) is 0 Å². The van der Waals surface area contributed by atoms with E-state index in [1.54, 1.807) is 24.4 Å². The summed E-state index contributed by atoms with van der Waals surface area (Å²) in [6.07, 6.45) is 1.62. The van der Waals surface area contributed by atoms with Crippen molar-refractivity contribution in [2.75, 3.05) is 17.3 Å². The Bertz CT molecular complexity index is 1130. The molecule has 0 bridgehead atoms. The van der Waals surface area contributed by atoms with Gasteiger partial charge < -0.3 is 14.8 Å². The first-order valence-corrected chi connectivity index (χ1v) is 9.06. The van der Waals surface area contributed by atoms with Crippen molar-refractivity contribution < 1.29 is 4.39 Å². The van der Waals surface area contributed by atoms with Crippen molar-refractivity contribution in [1.29, 1.82) is 0 Å². The van der Waals surface area contributed by atoms with Crippen LogP contribution >= 0.6 is 11.6 Å². The first kappa shape index (κ1) is 18.2. The van der Waals surface area contributed by atoms with Gasteiger partial charge in [0.15, 0.2) is 0 Å². The molecule has 0 aliphatic rings. The van der Waals surface area contributed by atoms with Crippen LogP contribution in [0, 0.1) is 5.82 Å². The van der Waals surface area contributed by atoms with Crippen molar-refractivity contribution in [1.82, 2.24) is 19.5 Å². The van der Waals surface area contributed by atoms with E-state index in [9.17, 15) is 4.39 Å². The average molecular weight is 397 g/mol. The number of anilines is 3. The minimum atomic E-state index is -0.242. The third-order valence-electron chi connectivity index (χ3n) is 4.57. The molecule has 4 aromatic rings. The molecule has 0 amide bonds. The van der Waals surface area contributed by atoms with Crippen molar-refractivity contribution in [2.24, 2.45) is 7.05 Å². The maximum absolute atomic E-state index is 13.0. The zero-order chi connectivity index (χ0) is 19.7. The fourth-order valence-corrected chi connectivity index (χ4v) is 3.13. The van der Waals surface area contributed by atoms with E-state index in [0.29, 0.717) is 12.4 Å². The Balaban J connectivity index is 1.59. The van der Waals surface area contributed by atoms with Crippen LogP contribution in [0.1, 0.15) is 5.56 Å². The molecule has 8 heteroatoms. The standard InChI is InChI=1S/C20H18ClFN6/c1-27(18-9-10-23-19(21)26-18)15-7-8-17-16(11-15)25-20(28(17)2)24-12-13-3-5-14(22)6-4-13/h3-11H,12H2,1-2H3,(H,24,25). The Kier molecular flexibility index (Phi) is 4.83. The van der Waals surface area contributed by atoms with Crippen LogP contribution in [0.2, 0.25) is 5.28 Å². The van der Waals surface area contributed by atoms with E-state index in [-0.39, 0.29) is 11.1 Å². The fraction of sp³-hybridized carbons (Fsp3) is 0.150. The number of aromatic nitrogens is 4. The molecular formula is C20H18ClFN6. The van der Waals surface area contributed by atoms with E-state index in [2.05, 4.69) is 15.3 Å². The van der Waals surface area contributed by atoms with Crippen LogP contribution in [0.5, 0.6) is 0 Å². The zero-order valence-corrected chi connectivity index (χ0v) is 16.2. The van der Waals surface area contributed by atoms with E-state index in [0.717, 1.165) is 28.2 Å². The minimum absolute atomic E-state index is 0.204. The molecule has 0 fully saturated rings. The van der Waals surface area contributed by atoms with Crippen molar-refractivity contribution in [3.05, 3.63) is 71.4 Å². The molecule has 0 aliphatic heterocycles. The summed E-state index contributed by atoms with van der Waals surface area (Å²) in [5.41, 5.74) is 3.77. The Morgan fingerprint density at radius 2 is 1.89 bits per heavy atom. The highest BCUT2D eigenvalue weighted by Crippen LogP contribution is 2.27. The van der Waals surface area contributed by atoms with Crippen molar-refractivity contribution >= 4 is 40.1 Å². The van der Waals surface area contributed by atoms with E-state index < -0.39 is 0 Å². The smallest absolute Gasteiger partial charge is 0.224 e. The highest BCUT2D eigenvalue weighted by Gasteiger charge is 2.12. The van der Waals surface area contributed by atoms with E-state index in [1.165, 1.54) is 12.1 Å². The number of rotatable bonds is 5. The molecule has 0 aliphatic carbocycles. The predicted octanol–water partition coefficient (Wildman–Crippen LogP) is 4.54. The molecule has 6 nitrogen and oxygen atoms in total. The van der Waals surface area contributed by atoms with Gasteiger partial charge in [-0.1, -0.05) is 12.1 Å². The maximum atomic E-state index is 13.0. The fourth-order valence-electron chi connectivity index (χ4n) is 2.98. The average Bonchev–Trinajstić information content (AvgIpc) is 3.02. The predicted molar refractivity (Wildman–Crippen MR) is 110 cm³/mol. The van der Waals surface area contributed by atoms with Gasteiger partial charge in [0.05, 0.1) is 11.0 Å². The molecule has 2 aromatic carbocycles. The number of hydrogen-bond donors (Lipinski definition) is 1. The van der Waals surface area contributed by atoms with E-state index in [4.69, 9.17) is 16.6 Å². The quantitative estimate of drug-likeness (QED) is 0.502. The first-order valence-electron chi connectivity index (χ1n) is 8.68. The molecule has 0 atom stereocenters. The summed E-state index contributed by atoms with van der Waals surface area (Å²) in [6.45, 7) is 0.559. The Morgan fingerprint density at radius 1 is 1.11 bits per heavy atom. The van der Waals surface area contributed by atoms with Crippen LogP contribution in [0.15, 0.2) is 54.7 Å². The third-order valence-corrected chi connectivity index (χ3v) is 4.75. The molecule has 0 saturated carbocycles. The summed E-state index contributed by atoms with van der Waals surface area (Å²) < 4.78 is 15.0. The summed E-state index contributed by atoms with van der Waals surface area (Å²) in [6, 6.07) is 14.2. The molecule has 2 aromatic heterocycles. The SMILES string of the molecule is CN(c1ccc2c(c1)nc(NCc1ccc(F)cc1)n2C)c1ccnc(Cl)n1. The lowest BCUT2D eigenvalue weighted by molar-refractivity contribution is 0.627. The number of aryl methyl sites for hydroxylation is 1. The summed E-state index contributed by atoms with van der Waals surface area (Å²) in [4.78, 5) is 14.8. The molecule has 0 spiro atoms. The normalized spacial score (nSPS) is 11.0. The van der Waals surface area contributed by atoms with E-state index in [1.807, 2.05) is 41.8 Å². The number of hydrogen-bond acceptors (Lipinski definition) is 5. The topological polar surface area (TPSA) is 58.9 Å². The maximum Gasteiger partial charge on any atom is 0.224 e. The Morgan fingerprint density at radius 3 is 2.64 bits per heavy atom. The van der Waals surface area contributed by atoms with Crippen LogP contribution in [0.4, 0.5) is 21.8 Å². The number of benzene rings is 2. The molecule has 1 N–H and O–H groups in total. The summed E-state index contributed by atoms with van der Waals surface area (Å²) in [5, 5.41) is 3.51. The van der Waals surface area contributed by atoms with Crippen LogP contribution in [-0.4, -0.2) is 26.6 Å². The molecular weight excluding hydrogens is 379 g/mol. The number of imidazole rings is 1. The molecule has 142 valence electrons. The van der Waals surface area contributed by atoms with Crippen LogP contribution in [0.3, 0.4) is 0 Å². The number of nitrogens with zero attached hydrogens (tertiary/aromatic N) is 5. The number of halogens is 2. The van der Waals surface area contributed by atoms with Crippen LogP contribution in [-0.2, 0) is 13.6 Å². The second kappa shape index (κ2) is 7.44.